The van der Waals surface area contributed by atoms with E-state index in [0.717, 1.165) is 11.4 Å². The molecule has 9 nitrogen and oxygen atoms in total. The van der Waals surface area contributed by atoms with Gasteiger partial charge in [0.05, 0.1) is 30.7 Å². The molecule has 1 aliphatic carbocycles. The molecule has 10 heteroatoms. The van der Waals surface area contributed by atoms with Crippen LogP contribution in [0.1, 0.15) is 52.6 Å². The molecule has 0 aromatic carbocycles. The Labute approximate surface area is 167 Å². The Hall–Kier alpha value is -3.17. The second-order valence-electron chi connectivity index (χ2n) is 7.37. The third-order valence-corrected chi connectivity index (χ3v) is 4.80. The van der Waals surface area contributed by atoms with Gasteiger partial charge in [-0.05, 0) is 43.4 Å². The standard InChI is InChI=1S/C19H23FN8O/c1-13-10-27(25-23-13)7-5-16(20)11-28-12-18(24-26-28)19(29)22-9-17-8-15(4-6-21-17)14-2-3-14/h4,6,8,10,12,14,16H,2-3,5,7,9,11H2,1H3,(H,22,29). The number of halogens is 1. The van der Waals surface area contributed by atoms with Crippen LogP contribution in [-0.4, -0.2) is 47.1 Å². The van der Waals surface area contributed by atoms with Gasteiger partial charge in [0.15, 0.2) is 5.69 Å². The lowest BCUT2D eigenvalue weighted by Crippen LogP contribution is -2.23. The predicted molar refractivity (Wildman–Crippen MR) is 102 cm³/mol. The average Bonchev–Trinajstić information content (AvgIpc) is 3.33. The number of carbonyl (C=O) groups is 1. The minimum Gasteiger partial charge on any atom is -0.345 e. The van der Waals surface area contributed by atoms with Gasteiger partial charge >= 0.3 is 0 Å². The Morgan fingerprint density at radius 3 is 2.86 bits per heavy atom. The van der Waals surface area contributed by atoms with E-state index in [4.69, 9.17) is 0 Å². The Balaban J connectivity index is 1.25. The average molecular weight is 398 g/mol. The number of hydrogen-bond donors (Lipinski definition) is 1. The molecule has 1 N–H and O–H groups in total. The first-order valence-corrected chi connectivity index (χ1v) is 9.71. The highest BCUT2D eigenvalue weighted by atomic mass is 19.1. The summed E-state index contributed by atoms with van der Waals surface area (Å²) >= 11 is 0. The molecule has 1 aliphatic rings. The third kappa shape index (κ3) is 5.21. The quantitative estimate of drug-likeness (QED) is 0.590. The van der Waals surface area contributed by atoms with Crippen LogP contribution in [0.25, 0.3) is 0 Å². The number of aromatic nitrogens is 7. The normalized spacial score (nSPS) is 14.7. The van der Waals surface area contributed by atoms with E-state index in [1.54, 1.807) is 17.1 Å². The van der Waals surface area contributed by atoms with Crippen molar-refractivity contribution >= 4 is 5.91 Å². The highest BCUT2D eigenvalue weighted by Gasteiger charge is 2.23. The van der Waals surface area contributed by atoms with Crippen molar-refractivity contribution in [3.05, 3.63) is 53.4 Å². The molecule has 3 aromatic heterocycles. The summed E-state index contributed by atoms with van der Waals surface area (Å²) in [5.41, 5.74) is 3.02. The van der Waals surface area contributed by atoms with E-state index in [1.807, 2.05) is 19.1 Å². The summed E-state index contributed by atoms with van der Waals surface area (Å²) in [7, 11) is 0. The highest BCUT2D eigenvalue weighted by Crippen LogP contribution is 2.39. The van der Waals surface area contributed by atoms with Gasteiger partial charge in [0.1, 0.15) is 6.17 Å². The first-order chi connectivity index (χ1) is 14.1. The van der Waals surface area contributed by atoms with E-state index < -0.39 is 6.17 Å². The van der Waals surface area contributed by atoms with E-state index in [2.05, 4.69) is 30.9 Å². The van der Waals surface area contributed by atoms with Gasteiger partial charge in [-0.2, -0.15) is 0 Å². The maximum atomic E-state index is 14.2. The van der Waals surface area contributed by atoms with Crippen molar-refractivity contribution < 1.29 is 9.18 Å². The van der Waals surface area contributed by atoms with E-state index in [0.29, 0.717) is 19.0 Å². The number of amides is 1. The van der Waals surface area contributed by atoms with Crippen LogP contribution in [0.2, 0.25) is 0 Å². The number of nitrogens with zero attached hydrogens (tertiary/aromatic N) is 7. The number of hydrogen-bond acceptors (Lipinski definition) is 6. The number of carbonyl (C=O) groups excluding carboxylic acids is 1. The van der Waals surface area contributed by atoms with Crippen LogP contribution in [0.15, 0.2) is 30.7 Å². The van der Waals surface area contributed by atoms with E-state index >= 15 is 0 Å². The summed E-state index contributed by atoms with van der Waals surface area (Å²) < 4.78 is 17.2. The van der Waals surface area contributed by atoms with Crippen molar-refractivity contribution in [2.45, 2.75) is 57.9 Å². The van der Waals surface area contributed by atoms with Crippen molar-refractivity contribution in [1.82, 2.24) is 40.3 Å². The second-order valence-corrected chi connectivity index (χ2v) is 7.37. The Bertz CT molecular complexity index is 980. The summed E-state index contributed by atoms with van der Waals surface area (Å²) in [6, 6.07) is 4.05. The number of aryl methyl sites for hydroxylation is 2. The number of pyridine rings is 1. The van der Waals surface area contributed by atoms with Gasteiger partial charge in [-0.25, -0.2) is 9.07 Å². The number of alkyl halides is 1. The van der Waals surface area contributed by atoms with Crippen molar-refractivity contribution in [3.63, 3.8) is 0 Å². The zero-order chi connectivity index (χ0) is 20.2. The fourth-order valence-electron chi connectivity index (χ4n) is 3.09. The molecule has 152 valence electrons. The van der Waals surface area contributed by atoms with E-state index in [9.17, 15) is 9.18 Å². The Morgan fingerprint density at radius 2 is 2.10 bits per heavy atom. The van der Waals surface area contributed by atoms with Crippen molar-refractivity contribution in [2.75, 3.05) is 0 Å². The van der Waals surface area contributed by atoms with E-state index in [1.165, 1.54) is 29.3 Å². The van der Waals surface area contributed by atoms with Gasteiger partial charge in [0, 0.05) is 25.4 Å². The topological polar surface area (TPSA) is 103 Å². The molecule has 1 saturated carbocycles. The fraction of sp³-hybridized carbons (Fsp3) is 0.474. The molecule has 0 saturated heterocycles. The summed E-state index contributed by atoms with van der Waals surface area (Å²) in [5.74, 6) is 0.276. The van der Waals surface area contributed by atoms with Crippen LogP contribution < -0.4 is 5.32 Å². The lowest BCUT2D eigenvalue weighted by atomic mass is 10.1. The lowest BCUT2D eigenvalue weighted by molar-refractivity contribution is 0.0945. The molecule has 0 radical (unpaired) electrons. The zero-order valence-electron chi connectivity index (χ0n) is 16.2. The van der Waals surface area contributed by atoms with Crippen molar-refractivity contribution in [2.24, 2.45) is 0 Å². The maximum Gasteiger partial charge on any atom is 0.273 e. The minimum atomic E-state index is -1.13. The van der Waals surface area contributed by atoms with Crippen molar-refractivity contribution in [3.8, 4) is 0 Å². The molecule has 1 fully saturated rings. The van der Waals surface area contributed by atoms with Gasteiger partial charge < -0.3 is 5.32 Å². The summed E-state index contributed by atoms with van der Waals surface area (Å²) in [6.45, 7) is 2.60. The molecule has 4 rings (SSSR count). The highest BCUT2D eigenvalue weighted by molar-refractivity contribution is 5.91. The van der Waals surface area contributed by atoms with Gasteiger partial charge in [-0.15, -0.1) is 10.2 Å². The molecule has 0 bridgehead atoms. The first-order valence-electron chi connectivity index (χ1n) is 9.71. The predicted octanol–water partition coefficient (Wildman–Crippen LogP) is 1.81. The van der Waals surface area contributed by atoms with E-state index in [-0.39, 0.29) is 24.6 Å². The summed E-state index contributed by atoms with van der Waals surface area (Å²) in [6.07, 6.45) is 6.56. The molecule has 1 atom stereocenters. The van der Waals surface area contributed by atoms with Gasteiger partial charge in [0.25, 0.3) is 5.91 Å². The molecular weight excluding hydrogens is 375 g/mol. The van der Waals surface area contributed by atoms with Crippen LogP contribution >= 0.6 is 0 Å². The van der Waals surface area contributed by atoms with Crippen LogP contribution in [0.5, 0.6) is 0 Å². The smallest absolute Gasteiger partial charge is 0.273 e. The van der Waals surface area contributed by atoms with Gasteiger partial charge in [-0.1, -0.05) is 10.4 Å². The minimum absolute atomic E-state index is 0.0267. The third-order valence-electron chi connectivity index (χ3n) is 4.80. The van der Waals surface area contributed by atoms with Crippen molar-refractivity contribution in [1.29, 1.82) is 0 Å². The molecule has 29 heavy (non-hydrogen) atoms. The van der Waals surface area contributed by atoms with Gasteiger partial charge in [0.2, 0.25) is 0 Å². The Kier molecular flexibility index (Phi) is 5.59. The lowest BCUT2D eigenvalue weighted by Gasteiger charge is -2.07. The SMILES string of the molecule is Cc1cn(CCC(F)Cn2cc(C(=O)NCc3cc(C4CC4)ccn3)nn2)nn1. The first kappa shape index (κ1) is 19.2. The summed E-state index contributed by atoms with van der Waals surface area (Å²) in [4.78, 5) is 16.6. The van der Waals surface area contributed by atoms with Crippen LogP contribution in [0, 0.1) is 6.92 Å². The van der Waals surface area contributed by atoms with Crippen LogP contribution in [0.4, 0.5) is 4.39 Å². The zero-order valence-corrected chi connectivity index (χ0v) is 16.2. The Morgan fingerprint density at radius 1 is 1.28 bits per heavy atom. The molecule has 1 amide bonds. The number of rotatable bonds is 9. The second kappa shape index (κ2) is 8.46. The van der Waals surface area contributed by atoms with Gasteiger partial charge in [-0.3, -0.25) is 14.5 Å². The summed E-state index contributed by atoms with van der Waals surface area (Å²) in [5, 5.41) is 18.2. The number of nitrogens with one attached hydrogen (secondary N) is 1. The fourth-order valence-corrected chi connectivity index (χ4v) is 3.09. The maximum absolute atomic E-state index is 14.2. The molecule has 1 unspecified atom stereocenters. The monoisotopic (exact) mass is 398 g/mol. The largest absolute Gasteiger partial charge is 0.345 e. The molecule has 3 heterocycles. The molecular formula is C19H23FN8O. The molecule has 3 aromatic rings. The molecule has 0 aliphatic heterocycles. The van der Waals surface area contributed by atoms with Crippen LogP contribution in [-0.2, 0) is 19.6 Å². The molecule has 0 spiro atoms. The van der Waals surface area contributed by atoms with Crippen LogP contribution in [0.3, 0.4) is 0 Å².